The van der Waals surface area contributed by atoms with Gasteiger partial charge in [-0.1, -0.05) is 18.5 Å². The van der Waals surface area contributed by atoms with Gasteiger partial charge in [-0.2, -0.15) is 0 Å². The fraction of sp³-hybridized carbons (Fsp3) is 0.375. The van der Waals surface area contributed by atoms with E-state index in [0.29, 0.717) is 24.3 Å². The molecular weight excluding hydrogens is 298 g/mol. The smallest absolute Gasteiger partial charge is 0.194 e. The van der Waals surface area contributed by atoms with Crippen LogP contribution >= 0.6 is 0 Å². The van der Waals surface area contributed by atoms with Gasteiger partial charge in [0.1, 0.15) is 11.5 Å². The van der Waals surface area contributed by atoms with Gasteiger partial charge in [-0.3, -0.25) is 9.59 Å². The Hall–Kier alpha value is -2.79. The molecule has 7 heteroatoms. The van der Waals surface area contributed by atoms with Crippen LogP contribution in [0.25, 0.3) is 10.4 Å². The van der Waals surface area contributed by atoms with Crippen molar-refractivity contribution in [2.24, 2.45) is 5.11 Å². The highest BCUT2D eigenvalue weighted by atomic mass is 16.5. The Labute approximate surface area is 133 Å². The molecule has 23 heavy (non-hydrogen) atoms. The van der Waals surface area contributed by atoms with Crippen LogP contribution < -0.4 is 9.47 Å². The maximum Gasteiger partial charge on any atom is 0.194 e. The second kappa shape index (κ2) is 6.98. The molecule has 0 saturated heterocycles. The summed E-state index contributed by atoms with van der Waals surface area (Å²) in [5, 5.41) is 3.66. The summed E-state index contributed by atoms with van der Waals surface area (Å²) in [6.07, 6.45) is 2.43. The van der Waals surface area contributed by atoms with Gasteiger partial charge in [0.15, 0.2) is 11.6 Å². The van der Waals surface area contributed by atoms with Crippen molar-refractivity contribution in [2.75, 3.05) is 14.2 Å². The van der Waals surface area contributed by atoms with E-state index in [1.54, 1.807) is 12.1 Å². The quantitative estimate of drug-likeness (QED) is 0.455. The highest BCUT2D eigenvalue weighted by molar-refractivity contribution is 6.27. The molecule has 0 N–H and O–H groups in total. The van der Waals surface area contributed by atoms with E-state index in [0.717, 1.165) is 0 Å². The molecule has 1 aromatic rings. The number of carbonyl (C=O) groups is 2. The predicted molar refractivity (Wildman–Crippen MR) is 84.1 cm³/mol. The number of hydrogen-bond acceptors (Lipinski definition) is 5. The highest BCUT2D eigenvalue weighted by Crippen LogP contribution is 2.37. The van der Waals surface area contributed by atoms with Crippen molar-refractivity contribution in [3.05, 3.63) is 45.4 Å². The summed E-state index contributed by atoms with van der Waals surface area (Å²) in [7, 11) is 2.85. The number of ether oxygens (including phenoxy) is 2. The molecule has 0 spiro atoms. The molecule has 0 bridgehead atoms. The zero-order valence-corrected chi connectivity index (χ0v) is 13.2. The first-order chi connectivity index (χ1) is 11.1. The van der Waals surface area contributed by atoms with Gasteiger partial charge in [0.05, 0.1) is 31.4 Å². The molecule has 1 atom stereocenters. The van der Waals surface area contributed by atoms with Crippen LogP contribution in [0.5, 0.6) is 11.5 Å². The largest absolute Gasteiger partial charge is 0.496 e. The van der Waals surface area contributed by atoms with Crippen LogP contribution in [-0.2, 0) is 0 Å². The van der Waals surface area contributed by atoms with Gasteiger partial charge in [-0.05, 0) is 30.2 Å². The fourth-order valence-electron chi connectivity index (χ4n) is 2.66. The first-order valence-electron chi connectivity index (χ1n) is 7.18. The number of nitrogens with zero attached hydrogens (tertiary/aromatic N) is 3. The van der Waals surface area contributed by atoms with Crippen molar-refractivity contribution in [1.29, 1.82) is 0 Å². The zero-order valence-electron chi connectivity index (χ0n) is 13.2. The first kappa shape index (κ1) is 16.6. The van der Waals surface area contributed by atoms with Crippen molar-refractivity contribution in [1.82, 2.24) is 0 Å². The highest BCUT2D eigenvalue weighted by Gasteiger charge is 2.34. The van der Waals surface area contributed by atoms with E-state index in [2.05, 4.69) is 10.0 Å². The Kier molecular flexibility index (Phi) is 5.03. The summed E-state index contributed by atoms with van der Waals surface area (Å²) in [4.78, 5) is 28.2. The summed E-state index contributed by atoms with van der Waals surface area (Å²) in [6, 6.07) is 2.48. The summed E-state index contributed by atoms with van der Waals surface area (Å²) in [5.41, 5.74) is 9.24. The minimum absolute atomic E-state index is 0.156. The third-order valence-corrected chi connectivity index (χ3v) is 3.70. The van der Waals surface area contributed by atoms with E-state index < -0.39 is 6.04 Å². The van der Waals surface area contributed by atoms with Gasteiger partial charge in [0.2, 0.25) is 0 Å². The monoisotopic (exact) mass is 315 g/mol. The van der Waals surface area contributed by atoms with Crippen molar-refractivity contribution in [2.45, 2.75) is 25.8 Å². The van der Waals surface area contributed by atoms with Crippen LogP contribution in [0.1, 0.15) is 40.5 Å². The minimum Gasteiger partial charge on any atom is -0.496 e. The minimum atomic E-state index is -0.675. The van der Waals surface area contributed by atoms with E-state index >= 15 is 0 Å². The SMILES string of the molecule is CCCC(N=[N+]=[N-])C1=CC(=O)c2c(OC)ccc(OC)c2C1=O. The lowest BCUT2D eigenvalue weighted by atomic mass is 9.84. The Morgan fingerprint density at radius 1 is 1.17 bits per heavy atom. The van der Waals surface area contributed by atoms with Crippen LogP contribution in [0, 0.1) is 0 Å². The standard InChI is InChI=1S/C16H17N3O4/c1-4-5-10(18-19-17)9-8-11(20)14-12(22-2)6-7-13(23-3)15(14)16(9)21/h6-8,10H,4-5H2,1-3H3. The second-order valence-electron chi connectivity index (χ2n) is 5.02. The molecule has 0 radical (unpaired) electrons. The molecule has 1 aliphatic carbocycles. The number of methoxy groups -OCH3 is 2. The normalized spacial score (nSPS) is 14.5. The average Bonchev–Trinajstić information content (AvgIpc) is 2.56. The van der Waals surface area contributed by atoms with E-state index in [1.807, 2.05) is 6.92 Å². The molecular formula is C16H17N3O4. The Balaban J connectivity index is 2.64. The molecule has 1 aliphatic rings. The van der Waals surface area contributed by atoms with Crippen molar-refractivity contribution < 1.29 is 19.1 Å². The van der Waals surface area contributed by atoms with Gasteiger partial charge >= 0.3 is 0 Å². The van der Waals surface area contributed by atoms with E-state index in [1.165, 1.54) is 20.3 Å². The maximum atomic E-state index is 12.9. The molecule has 2 rings (SSSR count). The van der Waals surface area contributed by atoms with E-state index in [-0.39, 0.29) is 28.3 Å². The lowest BCUT2D eigenvalue weighted by Gasteiger charge is -2.22. The average molecular weight is 315 g/mol. The number of hydrogen-bond donors (Lipinski definition) is 0. The van der Waals surface area contributed by atoms with Gasteiger partial charge < -0.3 is 9.47 Å². The number of Topliss-reactive ketones (excluding diaryl/α,β-unsaturated/α-hetero) is 1. The second-order valence-corrected chi connectivity index (χ2v) is 5.02. The predicted octanol–water partition coefficient (Wildman–Crippen LogP) is 3.49. The topological polar surface area (TPSA) is 101 Å². The third-order valence-electron chi connectivity index (χ3n) is 3.70. The van der Waals surface area contributed by atoms with Gasteiger partial charge in [0, 0.05) is 10.5 Å². The number of carbonyl (C=O) groups excluding carboxylic acids is 2. The first-order valence-corrected chi connectivity index (χ1v) is 7.18. The number of rotatable bonds is 6. The van der Waals surface area contributed by atoms with Crippen LogP contribution in [0.15, 0.2) is 28.9 Å². The van der Waals surface area contributed by atoms with Gasteiger partial charge in [-0.25, -0.2) is 0 Å². The van der Waals surface area contributed by atoms with Gasteiger partial charge in [0.25, 0.3) is 0 Å². The molecule has 1 unspecified atom stereocenters. The summed E-state index contributed by atoms with van der Waals surface area (Å²) < 4.78 is 10.4. The number of ketones is 2. The van der Waals surface area contributed by atoms with Crippen LogP contribution in [0.4, 0.5) is 0 Å². The van der Waals surface area contributed by atoms with Crippen LogP contribution in [-0.4, -0.2) is 31.8 Å². The lowest BCUT2D eigenvalue weighted by Crippen LogP contribution is -2.25. The molecule has 120 valence electrons. The Bertz CT molecular complexity index is 733. The molecule has 0 saturated carbocycles. The van der Waals surface area contributed by atoms with Crippen molar-refractivity contribution in [3.63, 3.8) is 0 Å². The molecule has 0 aromatic heterocycles. The number of fused-ring (bicyclic) bond motifs is 1. The maximum absolute atomic E-state index is 12.9. The van der Waals surface area contributed by atoms with E-state index in [4.69, 9.17) is 15.0 Å². The lowest BCUT2D eigenvalue weighted by molar-refractivity contribution is 0.0973. The van der Waals surface area contributed by atoms with Gasteiger partial charge in [-0.15, -0.1) is 0 Å². The van der Waals surface area contributed by atoms with Crippen LogP contribution in [0.2, 0.25) is 0 Å². The fourth-order valence-corrected chi connectivity index (χ4v) is 2.66. The Morgan fingerprint density at radius 2 is 1.78 bits per heavy atom. The molecule has 1 aromatic carbocycles. The third kappa shape index (κ3) is 2.91. The zero-order chi connectivity index (χ0) is 17.0. The summed E-state index contributed by atoms with van der Waals surface area (Å²) in [6.45, 7) is 1.91. The number of allylic oxidation sites excluding steroid dienone is 1. The van der Waals surface area contributed by atoms with E-state index in [9.17, 15) is 9.59 Å². The molecule has 0 amide bonds. The number of azide groups is 1. The summed E-state index contributed by atoms with van der Waals surface area (Å²) >= 11 is 0. The summed E-state index contributed by atoms with van der Waals surface area (Å²) in [5.74, 6) is -0.132. The van der Waals surface area contributed by atoms with Crippen molar-refractivity contribution >= 4 is 11.6 Å². The number of benzene rings is 1. The Morgan fingerprint density at radius 3 is 2.30 bits per heavy atom. The molecule has 0 aliphatic heterocycles. The molecule has 0 heterocycles. The van der Waals surface area contributed by atoms with Crippen molar-refractivity contribution in [3.8, 4) is 11.5 Å². The molecule has 0 fully saturated rings. The molecule has 7 nitrogen and oxygen atoms in total. The van der Waals surface area contributed by atoms with Crippen LogP contribution in [0.3, 0.4) is 0 Å².